The van der Waals surface area contributed by atoms with E-state index in [0.29, 0.717) is 19.6 Å². The molecule has 0 bridgehead atoms. The Labute approximate surface area is 131 Å². The van der Waals surface area contributed by atoms with E-state index in [-0.39, 0.29) is 36.3 Å². The Kier molecular flexibility index (Phi) is 6.67. The average Bonchev–Trinajstić information content (AvgIpc) is 2.77. The molecule has 2 unspecified atom stereocenters. The third kappa shape index (κ3) is 4.59. The van der Waals surface area contributed by atoms with Crippen molar-refractivity contribution in [2.24, 2.45) is 5.92 Å². The SMILES string of the molecule is Cl.O=C(Cn1cc(Br)ccc1=O)NCC1CNCC1O. The Morgan fingerprint density at radius 3 is 2.90 bits per heavy atom. The predicted octanol–water partition coefficient (Wildman–Crippen LogP) is -0.271. The summed E-state index contributed by atoms with van der Waals surface area (Å²) in [7, 11) is 0. The van der Waals surface area contributed by atoms with E-state index in [1.54, 1.807) is 12.3 Å². The highest BCUT2D eigenvalue weighted by molar-refractivity contribution is 9.10. The Hall–Kier alpha value is -0.890. The topological polar surface area (TPSA) is 83.4 Å². The molecule has 0 aliphatic carbocycles. The molecule has 1 aromatic rings. The highest BCUT2D eigenvalue weighted by Crippen LogP contribution is 2.07. The van der Waals surface area contributed by atoms with Gasteiger partial charge in [0.05, 0.1) is 6.10 Å². The first kappa shape index (κ1) is 17.2. The van der Waals surface area contributed by atoms with Crippen molar-refractivity contribution in [3.8, 4) is 0 Å². The summed E-state index contributed by atoms with van der Waals surface area (Å²) in [6.07, 6.45) is 1.15. The molecule has 6 nitrogen and oxygen atoms in total. The fraction of sp³-hybridized carbons (Fsp3) is 0.500. The molecular weight excluding hydrogens is 350 g/mol. The van der Waals surface area contributed by atoms with Crippen LogP contribution < -0.4 is 16.2 Å². The molecule has 8 heteroatoms. The van der Waals surface area contributed by atoms with Crippen LogP contribution in [0.5, 0.6) is 0 Å². The molecule has 0 aromatic carbocycles. The number of hydrogen-bond acceptors (Lipinski definition) is 4. The number of carbonyl (C=O) groups excluding carboxylic acids is 1. The molecule has 0 spiro atoms. The Bertz CT molecular complexity index is 523. The summed E-state index contributed by atoms with van der Waals surface area (Å²) in [5.41, 5.74) is -0.221. The van der Waals surface area contributed by atoms with E-state index < -0.39 is 6.10 Å². The lowest BCUT2D eigenvalue weighted by Gasteiger charge is -2.14. The van der Waals surface area contributed by atoms with Gasteiger partial charge in [0.1, 0.15) is 6.54 Å². The highest BCUT2D eigenvalue weighted by atomic mass is 79.9. The second kappa shape index (κ2) is 7.78. The van der Waals surface area contributed by atoms with Gasteiger partial charge in [0, 0.05) is 42.3 Å². The Morgan fingerprint density at radius 2 is 2.25 bits per heavy atom. The van der Waals surface area contributed by atoms with Gasteiger partial charge in [0.25, 0.3) is 5.56 Å². The van der Waals surface area contributed by atoms with Crippen LogP contribution in [0, 0.1) is 5.92 Å². The van der Waals surface area contributed by atoms with Gasteiger partial charge < -0.3 is 20.3 Å². The molecule has 2 atom stereocenters. The maximum Gasteiger partial charge on any atom is 0.251 e. The molecule has 1 aliphatic heterocycles. The minimum atomic E-state index is -0.422. The molecule has 3 N–H and O–H groups in total. The van der Waals surface area contributed by atoms with Crippen LogP contribution in [0.25, 0.3) is 0 Å². The first-order valence-corrected chi connectivity index (χ1v) is 6.87. The number of nitrogens with zero attached hydrogens (tertiary/aromatic N) is 1. The molecule has 1 fully saturated rings. The maximum absolute atomic E-state index is 11.8. The fourth-order valence-electron chi connectivity index (χ4n) is 2.01. The summed E-state index contributed by atoms with van der Waals surface area (Å²) in [5, 5.41) is 15.4. The van der Waals surface area contributed by atoms with Crippen LogP contribution in [-0.4, -0.2) is 41.3 Å². The molecule has 0 radical (unpaired) electrons. The third-order valence-corrected chi connectivity index (χ3v) is 3.60. The van der Waals surface area contributed by atoms with Gasteiger partial charge >= 0.3 is 0 Å². The molecule has 2 heterocycles. The van der Waals surface area contributed by atoms with Gasteiger partial charge in [-0.25, -0.2) is 0 Å². The van der Waals surface area contributed by atoms with Gasteiger partial charge in [-0.1, -0.05) is 0 Å². The number of carbonyl (C=O) groups is 1. The van der Waals surface area contributed by atoms with Gasteiger partial charge in [-0.15, -0.1) is 12.4 Å². The normalized spacial score (nSPS) is 21.3. The lowest BCUT2D eigenvalue weighted by Crippen LogP contribution is -2.37. The van der Waals surface area contributed by atoms with Crippen molar-refractivity contribution in [3.63, 3.8) is 0 Å². The zero-order chi connectivity index (χ0) is 13.8. The fourth-order valence-corrected chi connectivity index (χ4v) is 2.39. The zero-order valence-corrected chi connectivity index (χ0v) is 13.1. The van der Waals surface area contributed by atoms with Crippen molar-refractivity contribution in [1.82, 2.24) is 15.2 Å². The summed E-state index contributed by atoms with van der Waals surface area (Å²) in [6.45, 7) is 1.65. The van der Waals surface area contributed by atoms with Gasteiger partial charge in [-0.05, 0) is 22.0 Å². The van der Waals surface area contributed by atoms with E-state index in [2.05, 4.69) is 26.6 Å². The maximum atomic E-state index is 11.8. The molecule has 20 heavy (non-hydrogen) atoms. The number of aliphatic hydroxyl groups excluding tert-OH is 1. The van der Waals surface area contributed by atoms with Gasteiger partial charge in [-0.3, -0.25) is 9.59 Å². The van der Waals surface area contributed by atoms with Crippen molar-refractivity contribution in [2.75, 3.05) is 19.6 Å². The largest absolute Gasteiger partial charge is 0.391 e. The molecule has 1 aromatic heterocycles. The van der Waals surface area contributed by atoms with E-state index in [1.807, 2.05) is 0 Å². The second-order valence-electron chi connectivity index (χ2n) is 4.60. The summed E-state index contributed by atoms with van der Waals surface area (Å²) in [4.78, 5) is 23.3. The minimum absolute atomic E-state index is 0. The summed E-state index contributed by atoms with van der Waals surface area (Å²) >= 11 is 3.25. The summed E-state index contributed by atoms with van der Waals surface area (Å²) in [5.74, 6) is -0.206. The van der Waals surface area contributed by atoms with E-state index in [9.17, 15) is 14.7 Å². The van der Waals surface area contributed by atoms with Crippen LogP contribution in [-0.2, 0) is 11.3 Å². The van der Waals surface area contributed by atoms with Crippen LogP contribution in [0.4, 0.5) is 0 Å². The second-order valence-corrected chi connectivity index (χ2v) is 5.52. The Morgan fingerprint density at radius 1 is 1.50 bits per heavy atom. The number of rotatable bonds is 4. The molecule has 0 saturated carbocycles. The lowest BCUT2D eigenvalue weighted by molar-refractivity contribution is -0.122. The van der Waals surface area contributed by atoms with Gasteiger partial charge in [-0.2, -0.15) is 0 Å². The van der Waals surface area contributed by atoms with Crippen molar-refractivity contribution in [2.45, 2.75) is 12.6 Å². The average molecular weight is 367 g/mol. The zero-order valence-electron chi connectivity index (χ0n) is 10.7. The lowest BCUT2D eigenvalue weighted by atomic mass is 10.1. The van der Waals surface area contributed by atoms with E-state index >= 15 is 0 Å². The molecule has 2 rings (SSSR count). The molecule has 1 amide bonds. The van der Waals surface area contributed by atoms with Crippen LogP contribution in [0.15, 0.2) is 27.6 Å². The number of halogens is 2. The predicted molar refractivity (Wildman–Crippen MR) is 81.0 cm³/mol. The number of hydrogen-bond donors (Lipinski definition) is 3. The molecule has 1 aliphatic rings. The number of nitrogens with one attached hydrogen (secondary N) is 2. The van der Waals surface area contributed by atoms with E-state index in [4.69, 9.17) is 0 Å². The number of amides is 1. The first-order valence-electron chi connectivity index (χ1n) is 6.08. The number of β-amino-alcohol motifs (C(OH)–C–C–N with tert-alkyl or cyclic N) is 1. The molecule has 112 valence electrons. The standard InChI is InChI=1S/C12H16BrN3O3.ClH/c13-9-1-2-12(19)16(6-9)7-11(18)15-4-8-3-14-5-10(8)17;/h1-2,6,8,10,14,17H,3-5,7H2,(H,15,18);1H. The van der Waals surface area contributed by atoms with Crippen molar-refractivity contribution in [3.05, 3.63) is 33.2 Å². The van der Waals surface area contributed by atoms with E-state index in [0.717, 1.165) is 4.47 Å². The summed E-state index contributed by atoms with van der Waals surface area (Å²) < 4.78 is 2.08. The number of aliphatic hydroxyl groups is 1. The monoisotopic (exact) mass is 365 g/mol. The number of pyridine rings is 1. The van der Waals surface area contributed by atoms with Crippen LogP contribution in [0.1, 0.15) is 0 Å². The minimum Gasteiger partial charge on any atom is -0.391 e. The first-order chi connectivity index (χ1) is 9.06. The molecular formula is C12H17BrClN3O3. The smallest absolute Gasteiger partial charge is 0.251 e. The summed E-state index contributed by atoms with van der Waals surface area (Å²) in [6, 6.07) is 3.04. The van der Waals surface area contributed by atoms with Crippen molar-refractivity contribution in [1.29, 1.82) is 0 Å². The van der Waals surface area contributed by atoms with Crippen LogP contribution >= 0.6 is 28.3 Å². The molecule has 1 saturated heterocycles. The van der Waals surface area contributed by atoms with Crippen molar-refractivity contribution < 1.29 is 9.90 Å². The highest BCUT2D eigenvalue weighted by Gasteiger charge is 2.24. The van der Waals surface area contributed by atoms with Crippen molar-refractivity contribution >= 4 is 34.2 Å². The van der Waals surface area contributed by atoms with Crippen LogP contribution in [0.2, 0.25) is 0 Å². The van der Waals surface area contributed by atoms with Gasteiger partial charge in [0.15, 0.2) is 0 Å². The number of aromatic nitrogens is 1. The quantitative estimate of drug-likeness (QED) is 0.685. The third-order valence-electron chi connectivity index (χ3n) is 3.13. The van der Waals surface area contributed by atoms with Gasteiger partial charge in [0.2, 0.25) is 5.91 Å². The van der Waals surface area contributed by atoms with Crippen LogP contribution in [0.3, 0.4) is 0 Å². The Balaban J connectivity index is 0.00000200. The van der Waals surface area contributed by atoms with E-state index in [1.165, 1.54) is 10.6 Å².